The lowest BCUT2D eigenvalue weighted by Crippen LogP contribution is -2.30. The first kappa shape index (κ1) is 15.2. The summed E-state index contributed by atoms with van der Waals surface area (Å²) in [6.07, 6.45) is 0. The number of carbonyl (C=O) groups excluding carboxylic acids is 2. The Kier molecular flexibility index (Phi) is 5.05. The van der Waals surface area contributed by atoms with Gasteiger partial charge in [-0.15, -0.1) is 11.3 Å². The van der Waals surface area contributed by atoms with Gasteiger partial charge in [0.25, 0.3) is 5.91 Å². The fourth-order valence-electron chi connectivity index (χ4n) is 1.69. The molecule has 0 saturated carbocycles. The van der Waals surface area contributed by atoms with Crippen molar-refractivity contribution in [3.05, 3.63) is 58.0 Å². The molecule has 1 atom stereocenters. The van der Waals surface area contributed by atoms with Gasteiger partial charge >= 0.3 is 5.97 Å². The average molecular weight is 307 g/mol. The predicted molar refractivity (Wildman–Crippen MR) is 77.6 cm³/mol. The Morgan fingerprint density at radius 3 is 2.62 bits per heavy atom. The maximum Gasteiger partial charge on any atom is 0.338 e. The molecule has 0 aliphatic heterocycles. The quantitative estimate of drug-likeness (QED) is 0.864. The van der Waals surface area contributed by atoms with Crippen LogP contribution in [0.3, 0.4) is 0 Å². The Bertz CT molecular complexity index is 610. The summed E-state index contributed by atoms with van der Waals surface area (Å²) in [5.74, 6) is -1.48. The second-order valence-corrected chi connectivity index (χ2v) is 5.37. The van der Waals surface area contributed by atoms with Crippen molar-refractivity contribution >= 4 is 23.2 Å². The predicted octanol–water partition coefficient (Wildman–Crippen LogP) is 2.92. The second kappa shape index (κ2) is 6.99. The van der Waals surface area contributed by atoms with Gasteiger partial charge in [-0.2, -0.15) is 0 Å². The van der Waals surface area contributed by atoms with Crippen LogP contribution < -0.4 is 5.32 Å². The van der Waals surface area contributed by atoms with Crippen LogP contribution >= 0.6 is 11.3 Å². The number of amides is 1. The van der Waals surface area contributed by atoms with Crippen LogP contribution in [0.2, 0.25) is 0 Å². The molecule has 0 spiro atoms. The van der Waals surface area contributed by atoms with Crippen LogP contribution in [0.25, 0.3) is 0 Å². The molecule has 1 aromatic carbocycles. The van der Waals surface area contributed by atoms with E-state index in [-0.39, 0.29) is 24.1 Å². The molecule has 0 saturated heterocycles. The molecule has 1 heterocycles. The Morgan fingerprint density at radius 1 is 1.29 bits per heavy atom. The van der Waals surface area contributed by atoms with Crippen molar-refractivity contribution < 1.29 is 18.7 Å². The maximum absolute atomic E-state index is 12.7. The van der Waals surface area contributed by atoms with Crippen LogP contribution in [-0.4, -0.2) is 18.5 Å². The summed E-state index contributed by atoms with van der Waals surface area (Å²) in [5.41, 5.74) is 0.204. The van der Waals surface area contributed by atoms with Crippen molar-refractivity contribution in [3.8, 4) is 0 Å². The minimum Gasteiger partial charge on any atom is -0.452 e. The van der Waals surface area contributed by atoms with Gasteiger partial charge in [0.1, 0.15) is 5.82 Å². The first-order valence-electron chi connectivity index (χ1n) is 6.31. The Morgan fingerprint density at radius 2 is 2.00 bits per heavy atom. The van der Waals surface area contributed by atoms with Gasteiger partial charge in [0.15, 0.2) is 6.61 Å². The minimum atomic E-state index is -0.658. The van der Waals surface area contributed by atoms with Gasteiger partial charge in [-0.3, -0.25) is 4.79 Å². The summed E-state index contributed by atoms with van der Waals surface area (Å²) < 4.78 is 17.6. The molecule has 0 radical (unpaired) electrons. The van der Waals surface area contributed by atoms with Gasteiger partial charge < -0.3 is 10.1 Å². The number of thiophene rings is 1. The van der Waals surface area contributed by atoms with E-state index in [0.29, 0.717) is 0 Å². The van der Waals surface area contributed by atoms with Gasteiger partial charge in [-0.05, 0) is 42.6 Å². The summed E-state index contributed by atoms with van der Waals surface area (Å²) in [6, 6.07) is 8.62. The van der Waals surface area contributed by atoms with Gasteiger partial charge in [0.05, 0.1) is 11.6 Å². The first-order valence-corrected chi connectivity index (χ1v) is 7.19. The zero-order chi connectivity index (χ0) is 15.2. The molecule has 4 nitrogen and oxygen atoms in total. The normalized spacial score (nSPS) is 11.7. The fourth-order valence-corrected chi connectivity index (χ4v) is 2.43. The van der Waals surface area contributed by atoms with Gasteiger partial charge in [0, 0.05) is 4.88 Å². The summed E-state index contributed by atoms with van der Waals surface area (Å²) in [4.78, 5) is 24.4. The molecule has 0 aliphatic rings. The lowest BCUT2D eigenvalue weighted by Gasteiger charge is -2.12. The van der Waals surface area contributed by atoms with Crippen molar-refractivity contribution in [2.45, 2.75) is 13.0 Å². The molecular formula is C15H14FNO3S. The Labute approximate surface area is 125 Å². The largest absolute Gasteiger partial charge is 0.452 e. The number of hydrogen-bond acceptors (Lipinski definition) is 4. The number of rotatable bonds is 5. The van der Waals surface area contributed by atoms with Crippen LogP contribution in [-0.2, 0) is 9.53 Å². The number of carbonyl (C=O) groups is 2. The van der Waals surface area contributed by atoms with Gasteiger partial charge in [-0.25, -0.2) is 9.18 Å². The molecule has 0 bridgehead atoms. The molecule has 21 heavy (non-hydrogen) atoms. The molecule has 2 aromatic rings. The Balaban J connectivity index is 1.81. The smallest absolute Gasteiger partial charge is 0.338 e. The highest BCUT2D eigenvalue weighted by Crippen LogP contribution is 2.17. The minimum absolute atomic E-state index is 0.137. The standard InChI is InChI=1S/C15H14FNO3S/c1-10(13-3-2-8-21-13)17-14(18)9-20-15(19)11-4-6-12(16)7-5-11/h2-8,10H,9H2,1H3,(H,17,18)/t10-/m0/s1. The lowest BCUT2D eigenvalue weighted by molar-refractivity contribution is -0.124. The molecule has 110 valence electrons. The number of benzene rings is 1. The molecule has 0 aliphatic carbocycles. The van der Waals surface area contributed by atoms with E-state index < -0.39 is 11.8 Å². The number of nitrogens with one attached hydrogen (secondary N) is 1. The van der Waals surface area contributed by atoms with E-state index in [0.717, 1.165) is 17.0 Å². The number of ether oxygens (including phenoxy) is 1. The van der Waals surface area contributed by atoms with Crippen LogP contribution in [0.5, 0.6) is 0 Å². The van der Waals surface area contributed by atoms with Crippen LogP contribution in [0.4, 0.5) is 4.39 Å². The fraction of sp³-hybridized carbons (Fsp3) is 0.200. The zero-order valence-electron chi connectivity index (χ0n) is 11.3. The topological polar surface area (TPSA) is 55.4 Å². The number of esters is 1. The van der Waals surface area contributed by atoms with E-state index in [1.807, 2.05) is 24.4 Å². The van der Waals surface area contributed by atoms with Crippen molar-refractivity contribution in [3.63, 3.8) is 0 Å². The molecule has 2 rings (SSSR count). The summed E-state index contributed by atoms with van der Waals surface area (Å²) in [6.45, 7) is 1.48. The van der Waals surface area contributed by atoms with E-state index in [1.165, 1.54) is 23.5 Å². The second-order valence-electron chi connectivity index (χ2n) is 4.39. The molecule has 6 heteroatoms. The molecule has 0 unspecified atom stereocenters. The van der Waals surface area contributed by atoms with Crippen LogP contribution in [0.15, 0.2) is 41.8 Å². The lowest BCUT2D eigenvalue weighted by atomic mass is 10.2. The maximum atomic E-state index is 12.7. The van der Waals surface area contributed by atoms with Crippen molar-refractivity contribution in [1.29, 1.82) is 0 Å². The first-order chi connectivity index (χ1) is 10.1. The van der Waals surface area contributed by atoms with E-state index in [1.54, 1.807) is 0 Å². The van der Waals surface area contributed by atoms with Gasteiger partial charge in [-0.1, -0.05) is 6.07 Å². The van der Waals surface area contributed by atoms with Crippen molar-refractivity contribution in [2.75, 3.05) is 6.61 Å². The van der Waals surface area contributed by atoms with Gasteiger partial charge in [0.2, 0.25) is 0 Å². The third-order valence-corrected chi connectivity index (χ3v) is 3.82. The zero-order valence-corrected chi connectivity index (χ0v) is 12.2. The summed E-state index contributed by atoms with van der Waals surface area (Å²) >= 11 is 1.54. The summed E-state index contributed by atoms with van der Waals surface area (Å²) in [7, 11) is 0. The highest BCUT2D eigenvalue weighted by molar-refractivity contribution is 7.10. The number of halogens is 1. The van der Waals surface area contributed by atoms with Crippen molar-refractivity contribution in [1.82, 2.24) is 5.32 Å². The van der Waals surface area contributed by atoms with E-state index in [9.17, 15) is 14.0 Å². The SMILES string of the molecule is C[C@H](NC(=O)COC(=O)c1ccc(F)cc1)c1cccs1. The van der Waals surface area contributed by atoms with E-state index >= 15 is 0 Å². The summed E-state index contributed by atoms with van der Waals surface area (Å²) in [5, 5.41) is 4.66. The van der Waals surface area contributed by atoms with E-state index in [2.05, 4.69) is 5.32 Å². The average Bonchev–Trinajstić information content (AvgIpc) is 3.00. The third kappa shape index (κ3) is 4.39. The molecule has 1 N–H and O–H groups in total. The van der Waals surface area contributed by atoms with E-state index in [4.69, 9.17) is 4.74 Å². The van der Waals surface area contributed by atoms with Crippen LogP contribution in [0, 0.1) is 5.82 Å². The molecule has 1 amide bonds. The molecular weight excluding hydrogens is 293 g/mol. The van der Waals surface area contributed by atoms with Crippen molar-refractivity contribution in [2.24, 2.45) is 0 Å². The van der Waals surface area contributed by atoms with Crippen LogP contribution in [0.1, 0.15) is 28.2 Å². The number of hydrogen-bond donors (Lipinski definition) is 1. The highest BCUT2D eigenvalue weighted by Gasteiger charge is 2.13. The third-order valence-electron chi connectivity index (χ3n) is 2.76. The molecule has 0 fully saturated rings. The highest BCUT2D eigenvalue weighted by atomic mass is 32.1. The monoisotopic (exact) mass is 307 g/mol. The molecule has 1 aromatic heterocycles. The Hall–Kier alpha value is -2.21.